The lowest BCUT2D eigenvalue weighted by molar-refractivity contribution is -0.138. The summed E-state index contributed by atoms with van der Waals surface area (Å²) in [6.45, 7) is 10.3. The predicted octanol–water partition coefficient (Wildman–Crippen LogP) is 11.5. The second kappa shape index (κ2) is 19.9. The molecule has 0 aliphatic rings. The van der Waals surface area contributed by atoms with E-state index in [1.807, 2.05) is 83.3 Å². The van der Waals surface area contributed by atoms with Crippen LogP contribution in [0.25, 0.3) is 44.1 Å². The second-order valence-corrected chi connectivity index (χ2v) is 15.4. The number of aryl methyl sites for hydroxylation is 5. The maximum Gasteiger partial charge on any atom is 0.303 e. The van der Waals surface area contributed by atoms with Gasteiger partial charge in [0.15, 0.2) is 0 Å². The van der Waals surface area contributed by atoms with Gasteiger partial charge in [-0.05, 0) is 122 Å². The number of ether oxygens (including phenoxy) is 2. The lowest BCUT2D eigenvalue weighted by atomic mass is 9.98. The zero-order valence-corrected chi connectivity index (χ0v) is 35.6. The molecule has 0 saturated heterocycles. The molecular formula is C52H52N4O6. The summed E-state index contributed by atoms with van der Waals surface area (Å²) in [5.41, 5.74) is 11.5. The van der Waals surface area contributed by atoms with Crippen molar-refractivity contribution in [3.8, 4) is 33.8 Å². The van der Waals surface area contributed by atoms with Crippen LogP contribution >= 0.6 is 0 Å². The van der Waals surface area contributed by atoms with E-state index in [2.05, 4.69) is 104 Å². The number of fused-ring (bicyclic) bond motifs is 2. The van der Waals surface area contributed by atoms with Gasteiger partial charge in [-0.2, -0.15) is 10.2 Å². The monoisotopic (exact) mass is 828 g/mol. The number of hydrogen-bond acceptors (Lipinski definition) is 6. The molecule has 10 nitrogen and oxygen atoms in total. The summed E-state index contributed by atoms with van der Waals surface area (Å²) in [6.07, 6.45) is 4.81. The maximum absolute atomic E-state index is 11.0. The van der Waals surface area contributed by atoms with Crippen molar-refractivity contribution < 1.29 is 29.3 Å². The van der Waals surface area contributed by atoms with E-state index in [9.17, 15) is 9.59 Å². The highest BCUT2D eigenvalue weighted by Gasteiger charge is 2.16. The van der Waals surface area contributed by atoms with E-state index < -0.39 is 11.9 Å². The van der Waals surface area contributed by atoms with Gasteiger partial charge in [-0.15, -0.1) is 0 Å². The van der Waals surface area contributed by atoms with Gasteiger partial charge in [-0.1, -0.05) is 84.4 Å². The van der Waals surface area contributed by atoms with E-state index in [0.29, 0.717) is 19.4 Å². The molecule has 0 aliphatic heterocycles. The summed E-state index contributed by atoms with van der Waals surface area (Å²) >= 11 is 0. The predicted molar refractivity (Wildman–Crippen MR) is 245 cm³/mol. The average Bonchev–Trinajstić information content (AvgIpc) is 3.91. The molecule has 0 amide bonds. The van der Waals surface area contributed by atoms with Gasteiger partial charge in [0.05, 0.1) is 23.4 Å². The fraction of sp³-hybridized carbons (Fsp3) is 0.231. The Hall–Kier alpha value is -7.20. The Balaban J connectivity index is 0.000000186. The van der Waals surface area contributed by atoms with Crippen molar-refractivity contribution >= 4 is 33.7 Å². The number of rotatable bonds is 16. The smallest absolute Gasteiger partial charge is 0.303 e. The van der Waals surface area contributed by atoms with Crippen LogP contribution in [0.4, 0.5) is 0 Å². The summed E-state index contributed by atoms with van der Waals surface area (Å²) in [6, 6.07) is 42.8. The normalized spacial score (nSPS) is 11.5. The summed E-state index contributed by atoms with van der Waals surface area (Å²) in [5.74, 6) is -0.0397. The van der Waals surface area contributed by atoms with E-state index in [1.165, 1.54) is 5.56 Å². The van der Waals surface area contributed by atoms with Gasteiger partial charge in [0.1, 0.15) is 24.2 Å². The third-order valence-electron chi connectivity index (χ3n) is 10.9. The van der Waals surface area contributed by atoms with Crippen LogP contribution in [0.5, 0.6) is 11.5 Å². The number of hydrogen-bond donors (Lipinski definition) is 2. The Morgan fingerprint density at radius 1 is 0.613 bits per heavy atom. The zero-order chi connectivity index (χ0) is 43.6. The van der Waals surface area contributed by atoms with Gasteiger partial charge in [0.2, 0.25) is 0 Å². The van der Waals surface area contributed by atoms with Crippen molar-refractivity contribution in [3.63, 3.8) is 0 Å². The molecule has 10 heteroatoms. The van der Waals surface area contributed by atoms with Crippen molar-refractivity contribution in [1.29, 1.82) is 0 Å². The molecular weight excluding hydrogens is 777 g/mol. The molecule has 2 aromatic heterocycles. The highest BCUT2D eigenvalue weighted by Crippen LogP contribution is 2.37. The first-order chi connectivity index (χ1) is 30.1. The van der Waals surface area contributed by atoms with Crippen molar-refractivity contribution in [2.75, 3.05) is 0 Å². The van der Waals surface area contributed by atoms with E-state index in [-0.39, 0.29) is 18.9 Å². The van der Waals surface area contributed by atoms with Crippen molar-refractivity contribution in [3.05, 3.63) is 168 Å². The number of carboxylic acid groups (broad SMARTS) is 2. The van der Waals surface area contributed by atoms with Crippen LogP contribution in [0.15, 0.2) is 140 Å². The number of aliphatic carboxylic acids is 2. The van der Waals surface area contributed by atoms with Gasteiger partial charge in [0.25, 0.3) is 0 Å². The Labute approximate surface area is 362 Å². The van der Waals surface area contributed by atoms with Crippen LogP contribution in [0, 0.1) is 6.92 Å². The van der Waals surface area contributed by atoms with E-state index in [1.54, 1.807) is 0 Å². The minimum absolute atomic E-state index is 0.0996. The fourth-order valence-electron chi connectivity index (χ4n) is 7.49. The fourth-order valence-corrected chi connectivity index (χ4v) is 7.49. The van der Waals surface area contributed by atoms with Gasteiger partial charge in [0, 0.05) is 47.8 Å². The van der Waals surface area contributed by atoms with E-state index >= 15 is 0 Å². The molecule has 0 radical (unpaired) electrons. The molecule has 1 unspecified atom stereocenters. The first kappa shape index (κ1) is 42.9. The Kier molecular flexibility index (Phi) is 13.8. The topological polar surface area (TPSA) is 129 Å². The largest absolute Gasteiger partial charge is 0.488 e. The standard InChI is InChI=1S/2C26H26N2O3/c1-3-28-24-11-10-21(15-22(24)16-27-28)23-14-19(9-13-26(29)30)8-12-25(23)31-17-20-6-4-18(2)5-7-20;1-3-28-24-12-11-21(16-22(24)17-27-28)23-15-19(10-14-26(29)30)9-13-25(23)31-18(2)20-7-5-4-6-8-20/h4-8,10-12,14-16H,3,9,13,17H2,1-2H3,(H,29,30);4-9,11-13,15-18H,3,10,14H2,1-2H3,(H,29,30). The summed E-state index contributed by atoms with van der Waals surface area (Å²) in [7, 11) is 0. The van der Waals surface area contributed by atoms with Gasteiger partial charge < -0.3 is 19.7 Å². The number of carboxylic acids is 2. The van der Waals surface area contributed by atoms with Crippen molar-refractivity contribution in [1.82, 2.24) is 19.6 Å². The van der Waals surface area contributed by atoms with Crippen LogP contribution in [0.1, 0.15) is 67.5 Å². The lowest BCUT2D eigenvalue weighted by Gasteiger charge is -2.19. The van der Waals surface area contributed by atoms with Crippen LogP contribution < -0.4 is 9.47 Å². The third-order valence-corrected chi connectivity index (χ3v) is 10.9. The quantitative estimate of drug-likeness (QED) is 0.0985. The number of benzene rings is 6. The van der Waals surface area contributed by atoms with E-state index in [0.717, 1.165) is 90.9 Å². The van der Waals surface area contributed by atoms with Crippen LogP contribution in [0.3, 0.4) is 0 Å². The van der Waals surface area contributed by atoms with Crippen molar-refractivity contribution in [2.24, 2.45) is 0 Å². The number of aromatic nitrogens is 4. The summed E-state index contributed by atoms with van der Waals surface area (Å²) in [4.78, 5) is 22.1. The molecule has 8 rings (SSSR count). The highest BCUT2D eigenvalue weighted by molar-refractivity contribution is 5.87. The average molecular weight is 829 g/mol. The molecule has 316 valence electrons. The van der Waals surface area contributed by atoms with Crippen LogP contribution in [-0.4, -0.2) is 41.7 Å². The lowest BCUT2D eigenvalue weighted by Crippen LogP contribution is -2.04. The third kappa shape index (κ3) is 10.6. The first-order valence-corrected chi connectivity index (χ1v) is 21.1. The number of carbonyl (C=O) groups is 2. The second-order valence-electron chi connectivity index (χ2n) is 15.4. The Morgan fingerprint density at radius 3 is 1.63 bits per heavy atom. The Bertz CT molecular complexity index is 2790. The molecule has 2 heterocycles. The minimum Gasteiger partial charge on any atom is -0.488 e. The molecule has 0 saturated carbocycles. The van der Waals surface area contributed by atoms with E-state index in [4.69, 9.17) is 19.7 Å². The molecule has 0 spiro atoms. The van der Waals surface area contributed by atoms with Crippen molar-refractivity contribution in [2.45, 2.75) is 79.2 Å². The van der Waals surface area contributed by atoms with Crippen LogP contribution in [0.2, 0.25) is 0 Å². The maximum atomic E-state index is 11.0. The zero-order valence-electron chi connectivity index (χ0n) is 35.6. The summed E-state index contributed by atoms with van der Waals surface area (Å²) < 4.78 is 16.5. The molecule has 0 fully saturated rings. The molecule has 0 aliphatic carbocycles. The summed E-state index contributed by atoms with van der Waals surface area (Å²) in [5, 5.41) is 29.1. The van der Waals surface area contributed by atoms with Gasteiger partial charge in [-0.25, -0.2) is 0 Å². The van der Waals surface area contributed by atoms with Crippen LogP contribution in [-0.2, 0) is 42.1 Å². The minimum atomic E-state index is -0.798. The Morgan fingerprint density at radius 2 is 1.11 bits per heavy atom. The molecule has 2 N–H and O–H groups in total. The molecule has 1 atom stereocenters. The number of nitrogens with zero attached hydrogens (tertiary/aromatic N) is 4. The molecule has 6 aromatic carbocycles. The van der Waals surface area contributed by atoms with Gasteiger partial charge in [-0.3, -0.25) is 19.0 Å². The first-order valence-electron chi connectivity index (χ1n) is 21.1. The SMILES string of the molecule is CCn1ncc2cc(-c3cc(CCC(=O)O)ccc3OC(C)c3ccccc3)ccc21.CCn1ncc2cc(-c3cc(CCC(=O)O)ccc3OCc3ccc(C)cc3)ccc21. The molecule has 0 bridgehead atoms. The highest BCUT2D eigenvalue weighted by atomic mass is 16.5. The van der Waals surface area contributed by atoms with Gasteiger partial charge >= 0.3 is 11.9 Å². The molecule has 8 aromatic rings. The molecule has 62 heavy (non-hydrogen) atoms.